The molecule has 0 atom stereocenters. The Hall–Kier alpha value is 0.870. The van der Waals surface area contributed by atoms with Gasteiger partial charge in [0.05, 0.1) is 0 Å². The van der Waals surface area contributed by atoms with Crippen LogP contribution in [0.1, 0.15) is 6.42 Å². The molecule has 6 heteroatoms. The van der Waals surface area contributed by atoms with Crippen LogP contribution >= 0.6 is 0 Å². The van der Waals surface area contributed by atoms with Crippen LogP contribution in [0.15, 0.2) is 0 Å². The van der Waals surface area contributed by atoms with Gasteiger partial charge in [-0.15, -0.1) is 0 Å². The maximum atomic E-state index is 9.98. The molecular formula is C3H6NNaO3S. The summed E-state index contributed by atoms with van der Waals surface area (Å²) in [6.45, 7) is 0.817. The summed E-state index contributed by atoms with van der Waals surface area (Å²) < 4.78 is 30.9. The molecule has 0 saturated carbocycles. The van der Waals surface area contributed by atoms with Crippen LogP contribution in [-0.4, -0.2) is 30.4 Å². The van der Waals surface area contributed by atoms with Crippen molar-refractivity contribution in [2.24, 2.45) is 0 Å². The van der Waals surface area contributed by atoms with Crippen molar-refractivity contribution in [2.75, 3.05) is 13.1 Å². The van der Waals surface area contributed by atoms with Crippen LogP contribution in [0.2, 0.25) is 0 Å². The summed E-state index contributed by atoms with van der Waals surface area (Å²) in [5.74, 6) is 0. The molecule has 0 amide bonds. The molecule has 0 aliphatic carbocycles. The molecule has 0 unspecified atom stereocenters. The molecule has 9 heavy (non-hydrogen) atoms. The zero-order valence-corrected chi connectivity index (χ0v) is 8.02. The van der Waals surface area contributed by atoms with Crippen molar-refractivity contribution < 1.29 is 42.5 Å². The minimum atomic E-state index is -4.08. The first-order valence-electron chi connectivity index (χ1n) is 2.32. The average molecular weight is 159 g/mol. The number of rotatable bonds is 1. The number of hydrogen-bond acceptors (Lipinski definition) is 3. The Bertz CT molecular complexity index is 173. The molecule has 48 valence electrons. The molecule has 1 aliphatic rings. The molecule has 4 nitrogen and oxygen atoms in total. The van der Waals surface area contributed by atoms with Crippen molar-refractivity contribution in [1.82, 2.24) is 4.31 Å². The SMILES string of the molecule is O=S(=O)([O-])N1CCC1.[Na+]. The maximum Gasteiger partial charge on any atom is 1.00 e. The molecule has 0 aromatic rings. The van der Waals surface area contributed by atoms with Crippen LogP contribution in [0.25, 0.3) is 0 Å². The van der Waals surface area contributed by atoms with Crippen LogP contribution < -0.4 is 29.6 Å². The zero-order valence-electron chi connectivity index (χ0n) is 5.20. The Morgan fingerprint density at radius 3 is 1.78 bits per heavy atom. The van der Waals surface area contributed by atoms with Crippen molar-refractivity contribution in [1.29, 1.82) is 0 Å². The van der Waals surface area contributed by atoms with Crippen molar-refractivity contribution in [2.45, 2.75) is 6.42 Å². The van der Waals surface area contributed by atoms with Gasteiger partial charge < -0.3 is 4.55 Å². The molecule has 0 spiro atoms. The van der Waals surface area contributed by atoms with E-state index in [1.807, 2.05) is 0 Å². The van der Waals surface area contributed by atoms with Crippen LogP contribution in [-0.2, 0) is 10.3 Å². The Balaban J connectivity index is 0.000000640. The molecule has 0 N–H and O–H groups in total. The van der Waals surface area contributed by atoms with Gasteiger partial charge in [0, 0.05) is 13.1 Å². The summed E-state index contributed by atoms with van der Waals surface area (Å²) in [4.78, 5) is 0. The van der Waals surface area contributed by atoms with E-state index in [2.05, 4.69) is 0 Å². The third-order valence-corrected chi connectivity index (χ3v) is 2.13. The first-order valence-corrected chi connectivity index (χ1v) is 3.68. The van der Waals surface area contributed by atoms with E-state index < -0.39 is 10.3 Å². The topological polar surface area (TPSA) is 60.4 Å². The second-order valence-electron chi connectivity index (χ2n) is 1.71. The Morgan fingerprint density at radius 1 is 1.33 bits per heavy atom. The van der Waals surface area contributed by atoms with Crippen LogP contribution in [0, 0.1) is 0 Å². The first-order chi connectivity index (χ1) is 3.61. The molecule has 0 aromatic heterocycles. The molecule has 1 rings (SSSR count). The number of nitrogens with zero attached hydrogens (tertiary/aromatic N) is 1. The molecule has 1 saturated heterocycles. The maximum absolute atomic E-state index is 9.98. The Labute approximate surface area is 76.4 Å². The number of hydrogen-bond donors (Lipinski definition) is 0. The van der Waals surface area contributed by atoms with Gasteiger partial charge in [0.25, 0.3) is 0 Å². The van der Waals surface area contributed by atoms with Crippen molar-refractivity contribution in [3.8, 4) is 0 Å². The Kier molecular flexibility index (Phi) is 3.64. The fraction of sp³-hybridized carbons (Fsp3) is 1.00. The summed E-state index contributed by atoms with van der Waals surface area (Å²) in [5.41, 5.74) is 0. The quantitative estimate of drug-likeness (QED) is 0.291. The van der Waals surface area contributed by atoms with Gasteiger partial charge >= 0.3 is 29.6 Å². The normalized spacial score (nSPS) is 20.1. The second-order valence-corrected chi connectivity index (χ2v) is 3.08. The van der Waals surface area contributed by atoms with Crippen LogP contribution in [0.4, 0.5) is 0 Å². The molecular weight excluding hydrogens is 153 g/mol. The van der Waals surface area contributed by atoms with Gasteiger partial charge in [-0.3, -0.25) is 0 Å². The van der Waals surface area contributed by atoms with Gasteiger partial charge in [-0.2, -0.15) is 0 Å². The fourth-order valence-corrected chi connectivity index (χ4v) is 1.22. The van der Waals surface area contributed by atoms with Gasteiger partial charge in [-0.1, -0.05) is 0 Å². The molecule has 0 bridgehead atoms. The van der Waals surface area contributed by atoms with Crippen molar-refractivity contribution in [3.05, 3.63) is 0 Å². The van der Waals surface area contributed by atoms with E-state index in [1.165, 1.54) is 0 Å². The van der Waals surface area contributed by atoms with E-state index >= 15 is 0 Å². The average Bonchev–Trinajstić information content (AvgIpc) is 1.16. The summed E-state index contributed by atoms with van der Waals surface area (Å²) in [7, 11) is -4.08. The van der Waals surface area contributed by atoms with Crippen LogP contribution in [0.5, 0.6) is 0 Å². The van der Waals surface area contributed by atoms with E-state index in [9.17, 15) is 13.0 Å². The van der Waals surface area contributed by atoms with Gasteiger partial charge in [-0.25, -0.2) is 12.7 Å². The first kappa shape index (κ1) is 9.87. The minimum Gasteiger partial charge on any atom is -0.735 e. The minimum absolute atomic E-state index is 0. The summed E-state index contributed by atoms with van der Waals surface area (Å²) in [5, 5.41) is 0. The van der Waals surface area contributed by atoms with Crippen molar-refractivity contribution >= 4 is 10.3 Å². The largest absolute Gasteiger partial charge is 1.00 e. The molecule has 1 heterocycles. The molecule has 1 fully saturated rings. The smallest absolute Gasteiger partial charge is 0.735 e. The Morgan fingerprint density at radius 2 is 1.78 bits per heavy atom. The fourth-order valence-electron chi connectivity index (χ4n) is 0.511. The molecule has 0 aromatic carbocycles. The second kappa shape index (κ2) is 3.32. The molecule has 1 aliphatic heterocycles. The van der Waals surface area contributed by atoms with E-state index in [0.29, 0.717) is 13.1 Å². The van der Waals surface area contributed by atoms with Gasteiger partial charge in [0.1, 0.15) is 0 Å². The summed E-state index contributed by atoms with van der Waals surface area (Å²) in [6.07, 6.45) is 0.821. The standard InChI is InChI=1S/C3H7NO3S.Na/c5-8(6,7)4-2-1-3-4;/h1-3H2,(H,5,6,7);/q;+1/p-1. The van der Waals surface area contributed by atoms with Gasteiger partial charge in [0.15, 0.2) is 10.3 Å². The van der Waals surface area contributed by atoms with Crippen molar-refractivity contribution in [3.63, 3.8) is 0 Å². The van der Waals surface area contributed by atoms with E-state index in [0.717, 1.165) is 10.7 Å². The third-order valence-electron chi connectivity index (χ3n) is 1.13. The zero-order chi connectivity index (χ0) is 6.20. The van der Waals surface area contributed by atoms with Gasteiger partial charge in [0.2, 0.25) is 0 Å². The third kappa shape index (κ3) is 2.53. The predicted octanol–water partition coefficient (Wildman–Crippen LogP) is -3.84. The van der Waals surface area contributed by atoms with E-state index in [1.54, 1.807) is 0 Å². The van der Waals surface area contributed by atoms with Crippen LogP contribution in [0.3, 0.4) is 0 Å². The van der Waals surface area contributed by atoms with E-state index in [4.69, 9.17) is 0 Å². The van der Waals surface area contributed by atoms with Gasteiger partial charge in [-0.05, 0) is 6.42 Å². The summed E-state index contributed by atoms with van der Waals surface area (Å²) >= 11 is 0. The molecule has 0 radical (unpaired) electrons. The predicted molar refractivity (Wildman–Crippen MR) is 25.9 cm³/mol. The monoisotopic (exact) mass is 159 g/mol. The van der Waals surface area contributed by atoms with E-state index in [-0.39, 0.29) is 29.6 Å². The summed E-state index contributed by atoms with van der Waals surface area (Å²) in [6, 6.07) is 0.